The molecule has 0 bridgehead atoms. The molecule has 4 heteroatoms. The van der Waals surface area contributed by atoms with Crippen molar-refractivity contribution in [1.29, 1.82) is 0 Å². The third-order valence-corrected chi connectivity index (χ3v) is 5.37. The molecule has 1 aliphatic heterocycles. The van der Waals surface area contributed by atoms with Gasteiger partial charge in [-0.1, -0.05) is 20.3 Å². The Morgan fingerprint density at radius 3 is 2.84 bits per heavy atom. The van der Waals surface area contributed by atoms with Gasteiger partial charge in [-0.15, -0.1) is 11.3 Å². The molecule has 0 aliphatic carbocycles. The van der Waals surface area contributed by atoms with Gasteiger partial charge in [0.25, 0.3) is 5.91 Å². The van der Waals surface area contributed by atoms with Crippen molar-refractivity contribution in [3.05, 3.63) is 21.9 Å². The number of thiophene rings is 1. The number of nitrogens with zero attached hydrogens (tertiary/aromatic N) is 1. The van der Waals surface area contributed by atoms with Gasteiger partial charge in [0.1, 0.15) is 0 Å². The Morgan fingerprint density at radius 2 is 2.26 bits per heavy atom. The maximum absolute atomic E-state index is 12.6. The minimum absolute atomic E-state index is 0.176. The van der Waals surface area contributed by atoms with Crippen LogP contribution in [0, 0.1) is 5.92 Å². The van der Waals surface area contributed by atoms with Crippen LogP contribution in [0.1, 0.15) is 47.7 Å². The Kier molecular flexibility index (Phi) is 4.99. The zero-order chi connectivity index (χ0) is 13.8. The maximum Gasteiger partial charge on any atom is 0.264 e. The average molecular weight is 280 g/mol. The number of likely N-dealkylation sites (tertiary alicyclic amines) is 1. The van der Waals surface area contributed by atoms with Crippen LogP contribution in [-0.4, -0.2) is 29.9 Å². The Balaban J connectivity index is 2.09. The highest BCUT2D eigenvalue weighted by atomic mass is 32.1. The molecule has 1 fully saturated rings. The average Bonchev–Trinajstić information content (AvgIpc) is 2.94. The monoisotopic (exact) mass is 280 g/mol. The zero-order valence-electron chi connectivity index (χ0n) is 11.9. The van der Waals surface area contributed by atoms with E-state index in [4.69, 9.17) is 5.73 Å². The molecule has 0 radical (unpaired) electrons. The molecule has 0 aromatic carbocycles. The van der Waals surface area contributed by atoms with Crippen molar-refractivity contribution in [2.24, 2.45) is 11.7 Å². The Bertz CT molecular complexity index is 430. The molecular formula is C15H24N2OS. The van der Waals surface area contributed by atoms with Gasteiger partial charge in [0.15, 0.2) is 0 Å². The van der Waals surface area contributed by atoms with E-state index in [0.29, 0.717) is 6.54 Å². The fraction of sp³-hybridized carbons (Fsp3) is 0.667. The van der Waals surface area contributed by atoms with E-state index >= 15 is 0 Å². The third-order valence-electron chi connectivity index (χ3n) is 4.16. The fourth-order valence-electron chi connectivity index (χ4n) is 2.82. The second-order valence-electron chi connectivity index (χ2n) is 5.31. The van der Waals surface area contributed by atoms with E-state index in [2.05, 4.69) is 19.9 Å². The topological polar surface area (TPSA) is 46.3 Å². The van der Waals surface area contributed by atoms with E-state index in [0.717, 1.165) is 36.6 Å². The largest absolute Gasteiger partial charge is 0.334 e. The molecule has 1 saturated heterocycles. The van der Waals surface area contributed by atoms with Crippen LogP contribution in [0.3, 0.4) is 0 Å². The van der Waals surface area contributed by atoms with Gasteiger partial charge >= 0.3 is 0 Å². The van der Waals surface area contributed by atoms with Gasteiger partial charge in [0.05, 0.1) is 4.88 Å². The summed E-state index contributed by atoms with van der Waals surface area (Å²) in [5, 5.41) is 0. The predicted molar refractivity (Wildman–Crippen MR) is 80.6 cm³/mol. The van der Waals surface area contributed by atoms with E-state index in [1.165, 1.54) is 11.3 Å². The van der Waals surface area contributed by atoms with Crippen molar-refractivity contribution in [2.45, 2.75) is 45.6 Å². The van der Waals surface area contributed by atoms with Crippen molar-refractivity contribution in [2.75, 3.05) is 13.1 Å². The molecule has 0 spiro atoms. The SMILES string of the molecule is CCc1ccc(C(=O)N2CCC(CC)CC2CN)s1. The summed E-state index contributed by atoms with van der Waals surface area (Å²) in [5.74, 6) is 0.904. The first kappa shape index (κ1) is 14.5. The Labute approximate surface area is 119 Å². The van der Waals surface area contributed by atoms with Crippen LogP contribution in [0.2, 0.25) is 0 Å². The molecular weight excluding hydrogens is 256 g/mol. The van der Waals surface area contributed by atoms with Crippen molar-refractivity contribution >= 4 is 17.2 Å². The summed E-state index contributed by atoms with van der Waals surface area (Å²) in [6.45, 7) is 5.78. The number of piperidine rings is 1. The van der Waals surface area contributed by atoms with Crippen molar-refractivity contribution in [1.82, 2.24) is 4.90 Å². The van der Waals surface area contributed by atoms with Crippen molar-refractivity contribution < 1.29 is 4.79 Å². The van der Waals surface area contributed by atoms with Gasteiger partial charge in [0, 0.05) is 24.0 Å². The molecule has 1 aromatic rings. The van der Waals surface area contributed by atoms with Gasteiger partial charge in [-0.25, -0.2) is 0 Å². The summed E-state index contributed by atoms with van der Waals surface area (Å²) in [6.07, 6.45) is 4.36. The lowest BCUT2D eigenvalue weighted by Gasteiger charge is -2.38. The molecule has 0 saturated carbocycles. The van der Waals surface area contributed by atoms with Crippen LogP contribution in [0.15, 0.2) is 12.1 Å². The summed E-state index contributed by atoms with van der Waals surface area (Å²) in [4.78, 5) is 16.7. The van der Waals surface area contributed by atoms with Crippen LogP contribution in [0.4, 0.5) is 0 Å². The zero-order valence-corrected chi connectivity index (χ0v) is 12.7. The van der Waals surface area contributed by atoms with Gasteiger partial charge in [0.2, 0.25) is 0 Å². The number of carbonyl (C=O) groups excluding carboxylic acids is 1. The molecule has 2 atom stereocenters. The van der Waals surface area contributed by atoms with Gasteiger partial charge < -0.3 is 10.6 Å². The second-order valence-corrected chi connectivity index (χ2v) is 6.47. The van der Waals surface area contributed by atoms with E-state index in [-0.39, 0.29) is 11.9 Å². The van der Waals surface area contributed by atoms with E-state index in [1.54, 1.807) is 11.3 Å². The second kappa shape index (κ2) is 6.53. The van der Waals surface area contributed by atoms with Crippen LogP contribution < -0.4 is 5.73 Å². The Morgan fingerprint density at radius 1 is 1.47 bits per heavy atom. The van der Waals surface area contributed by atoms with Gasteiger partial charge in [-0.2, -0.15) is 0 Å². The standard InChI is InChI=1S/C15H24N2OS/c1-3-11-7-8-17(12(9-11)10-16)15(18)14-6-5-13(4-2)19-14/h5-6,11-12H,3-4,7-10,16H2,1-2H3. The molecule has 106 valence electrons. The fourth-order valence-corrected chi connectivity index (χ4v) is 3.72. The molecule has 3 nitrogen and oxygen atoms in total. The number of carbonyl (C=O) groups is 1. The number of aryl methyl sites for hydroxylation is 1. The first-order valence-electron chi connectivity index (χ1n) is 7.29. The first-order chi connectivity index (χ1) is 9.19. The lowest BCUT2D eigenvalue weighted by Crippen LogP contribution is -2.49. The minimum Gasteiger partial charge on any atom is -0.334 e. The number of hydrogen-bond acceptors (Lipinski definition) is 3. The van der Waals surface area contributed by atoms with Crippen molar-refractivity contribution in [3.8, 4) is 0 Å². The third kappa shape index (κ3) is 3.18. The predicted octanol–water partition coefficient (Wildman–Crippen LogP) is 2.90. The highest BCUT2D eigenvalue weighted by molar-refractivity contribution is 7.14. The van der Waals surface area contributed by atoms with Crippen LogP contribution in [0.5, 0.6) is 0 Å². The summed E-state index contributed by atoms with van der Waals surface area (Å²) < 4.78 is 0. The van der Waals surface area contributed by atoms with Gasteiger partial charge in [-0.05, 0) is 37.3 Å². The number of hydrogen-bond donors (Lipinski definition) is 1. The summed E-state index contributed by atoms with van der Waals surface area (Å²) >= 11 is 1.62. The molecule has 1 aliphatic rings. The quantitative estimate of drug-likeness (QED) is 0.922. The summed E-state index contributed by atoms with van der Waals surface area (Å²) in [7, 11) is 0. The lowest BCUT2D eigenvalue weighted by atomic mass is 9.89. The van der Waals surface area contributed by atoms with Crippen LogP contribution in [-0.2, 0) is 6.42 Å². The lowest BCUT2D eigenvalue weighted by molar-refractivity contribution is 0.0563. The highest BCUT2D eigenvalue weighted by Crippen LogP contribution is 2.28. The minimum atomic E-state index is 0.176. The molecule has 2 unspecified atom stereocenters. The number of nitrogens with two attached hydrogens (primary N) is 1. The molecule has 2 heterocycles. The molecule has 19 heavy (non-hydrogen) atoms. The molecule has 1 aromatic heterocycles. The number of amides is 1. The molecule has 2 N–H and O–H groups in total. The smallest absolute Gasteiger partial charge is 0.264 e. The Hall–Kier alpha value is -0.870. The molecule has 2 rings (SSSR count). The van der Waals surface area contributed by atoms with E-state index in [9.17, 15) is 4.79 Å². The highest BCUT2D eigenvalue weighted by Gasteiger charge is 2.31. The van der Waals surface area contributed by atoms with Gasteiger partial charge in [-0.3, -0.25) is 4.79 Å². The summed E-state index contributed by atoms with van der Waals surface area (Å²) in [5.41, 5.74) is 5.87. The molecule has 1 amide bonds. The number of rotatable bonds is 4. The normalized spacial score (nSPS) is 23.6. The summed E-state index contributed by atoms with van der Waals surface area (Å²) in [6, 6.07) is 4.25. The van der Waals surface area contributed by atoms with E-state index < -0.39 is 0 Å². The van der Waals surface area contributed by atoms with Crippen molar-refractivity contribution in [3.63, 3.8) is 0 Å². The van der Waals surface area contributed by atoms with E-state index in [1.807, 2.05) is 11.0 Å². The first-order valence-corrected chi connectivity index (χ1v) is 8.10. The maximum atomic E-state index is 12.6. The van der Waals surface area contributed by atoms with Crippen LogP contribution >= 0.6 is 11.3 Å². The van der Waals surface area contributed by atoms with Crippen LogP contribution in [0.25, 0.3) is 0 Å².